The van der Waals surface area contributed by atoms with E-state index >= 15 is 0 Å². The molecule has 1 aliphatic carbocycles. The third-order valence-corrected chi connectivity index (χ3v) is 6.93. The Morgan fingerprint density at radius 1 is 0.450 bits per heavy atom. The van der Waals surface area contributed by atoms with Crippen LogP contribution in [0.15, 0.2) is 133 Å². The van der Waals surface area contributed by atoms with E-state index in [4.69, 9.17) is 18.9 Å². The first kappa shape index (κ1) is 28.0. The Morgan fingerprint density at radius 3 is 1.32 bits per heavy atom. The molecule has 5 rings (SSSR count). The molecule has 4 aromatic rings. The molecule has 5 heteroatoms. The van der Waals surface area contributed by atoms with Crippen molar-refractivity contribution in [3.63, 3.8) is 0 Å². The quantitative estimate of drug-likeness (QED) is 0.204. The number of ether oxygens (including phenoxy) is 4. The molecular formula is C35H36O5. The van der Waals surface area contributed by atoms with Gasteiger partial charge in [0.05, 0.1) is 33.0 Å². The van der Waals surface area contributed by atoms with Gasteiger partial charge in [-0.05, 0) is 33.9 Å². The number of benzene rings is 4. The van der Waals surface area contributed by atoms with Gasteiger partial charge >= 0.3 is 0 Å². The van der Waals surface area contributed by atoms with E-state index in [1.165, 1.54) is 0 Å². The van der Waals surface area contributed by atoms with Gasteiger partial charge in [0.25, 0.3) is 0 Å². The van der Waals surface area contributed by atoms with Crippen LogP contribution in [-0.4, -0.2) is 36.1 Å². The summed E-state index contributed by atoms with van der Waals surface area (Å²) in [5, 5.41) is 11.3. The molecule has 0 aliphatic heterocycles. The van der Waals surface area contributed by atoms with E-state index in [0.717, 1.165) is 27.8 Å². The van der Waals surface area contributed by atoms with Crippen molar-refractivity contribution < 1.29 is 24.1 Å². The Kier molecular flexibility index (Phi) is 10.3. The van der Waals surface area contributed by atoms with Crippen LogP contribution >= 0.6 is 0 Å². The Bertz CT molecular complexity index is 1290. The summed E-state index contributed by atoms with van der Waals surface area (Å²) < 4.78 is 25.5. The largest absolute Gasteiger partial charge is 0.386 e. The second kappa shape index (κ2) is 14.7. The topological polar surface area (TPSA) is 57.2 Å². The lowest BCUT2D eigenvalue weighted by molar-refractivity contribution is -0.173. The van der Waals surface area contributed by atoms with Crippen LogP contribution in [0.3, 0.4) is 0 Å². The first-order chi connectivity index (χ1) is 19.8. The van der Waals surface area contributed by atoms with Gasteiger partial charge in [-0.15, -0.1) is 0 Å². The number of aliphatic hydroxyl groups excluding tert-OH is 1. The van der Waals surface area contributed by atoms with Crippen LogP contribution in [0.5, 0.6) is 0 Å². The van der Waals surface area contributed by atoms with Gasteiger partial charge in [-0.2, -0.15) is 0 Å². The molecule has 0 radical (unpaired) electrons. The highest BCUT2D eigenvalue weighted by atomic mass is 16.6. The number of rotatable bonds is 13. The molecule has 0 saturated carbocycles. The van der Waals surface area contributed by atoms with E-state index in [0.29, 0.717) is 33.0 Å². The second-order valence-corrected chi connectivity index (χ2v) is 9.95. The van der Waals surface area contributed by atoms with Gasteiger partial charge in [-0.3, -0.25) is 0 Å². The van der Waals surface area contributed by atoms with Crippen LogP contribution in [0, 0.1) is 0 Å². The van der Waals surface area contributed by atoms with Gasteiger partial charge in [0, 0.05) is 0 Å². The van der Waals surface area contributed by atoms with Crippen molar-refractivity contribution in [3.8, 4) is 0 Å². The van der Waals surface area contributed by atoms with Gasteiger partial charge in [-0.1, -0.05) is 121 Å². The molecule has 4 atom stereocenters. The summed E-state index contributed by atoms with van der Waals surface area (Å²) in [6.45, 7) is 1.89. The maximum Gasteiger partial charge on any atom is 0.117 e. The standard InChI is InChI=1S/C35H36O5/c36-32-21-31(26-37-22-27-13-5-1-6-14-27)33(38-23-28-15-7-2-8-16-28)35(40-25-30-19-11-4-12-20-30)34(32)39-24-29-17-9-3-10-18-29/h1-21,32-36H,22-26H2/t32-,33+,34+,35+/m1/s1. The molecule has 1 aliphatic rings. The number of aliphatic hydroxyl groups is 1. The summed E-state index contributed by atoms with van der Waals surface area (Å²) in [7, 11) is 0. The fourth-order valence-corrected chi connectivity index (χ4v) is 4.85. The summed E-state index contributed by atoms with van der Waals surface area (Å²) in [6.07, 6.45) is -0.704. The summed E-state index contributed by atoms with van der Waals surface area (Å²) >= 11 is 0. The molecule has 40 heavy (non-hydrogen) atoms. The lowest BCUT2D eigenvalue weighted by Gasteiger charge is -2.40. The fraction of sp³-hybridized carbons (Fsp3) is 0.257. The van der Waals surface area contributed by atoms with Gasteiger partial charge in [0.2, 0.25) is 0 Å². The minimum Gasteiger partial charge on any atom is -0.386 e. The molecule has 0 aromatic heterocycles. The smallest absolute Gasteiger partial charge is 0.117 e. The predicted octanol–water partition coefficient (Wildman–Crippen LogP) is 6.26. The van der Waals surface area contributed by atoms with Crippen molar-refractivity contribution in [2.45, 2.75) is 50.8 Å². The van der Waals surface area contributed by atoms with Crippen molar-refractivity contribution in [2.75, 3.05) is 6.61 Å². The molecule has 5 nitrogen and oxygen atoms in total. The summed E-state index contributed by atoms with van der Waals surface area (Å²) in [5.41, 5.74) is 5.05. The molecule has 206 valence electrons. The van der Waals surface area contributed by atoms with Crippen LogP contribution in [0.1, 0.15) is 22.3 Å². The number of hydrogen-bond acceptors (Lipinski definition) is 5. The molecule has 0 bridgehead atoms. The van der Waals surface area contributed by atoms with Crippen LogP contribution in [0.4, 0.5) is 0 Å². The monoisotopic (exact) mass is 536 g/mol. The molecule has 0 spiro atoms. The predicted molar refractivity (Wildman–Crippen MR) is 155 cm³/mol. The Hall–Kier alpha value is -3.58. The van der Waals surface area contributed by atoms with E-state index in [1.807, 2.05) is 127 Å². The van der Waals surface area contributed by atoms with Gasteiger partial charge in [-0.25, -0.2) is 0 Å². The van der Waals surface area contributed by atoms with Gasteiger partial charge in [0.15, 0.2) is 0 Å². The second-order valence-electron chi connectivity index (χ2n) is 9.95. The molecule has 0 unspecified atom stereocenters. The normalized spacial score (nSPS) is 20.7. The van der Waals surface area contributed by atoms with Crippen LogP contribution < -0.4 is 0 Å². The molecule has 4 aromatic carbocycles. The van der Waals surface area contributed by atoms with Crippen molar-refractivity contribution in [1.82, 2.24) is 0 Å². The average molecular weight is 537 g/mol. The SMILES string of the molecule is O[C@@H]1C=C(COCc2ccccc2)[C@H](OCc2ccccc2)[C@H](OCc2ccccc2)[C@H]1OCc1ccccc1. The fourth-order valence-electron chi connectivity index (χ4n) is 4.85. The summed E-state index contributed by atoms with van der Waals surface area (Å²) in [5.74, 6) is 0. The highest BCUT2D eigenvalue weighted by Gasteiger charge is 2.42. The zero-order valence-electron chi connectivity index (χ0n) is 22.5. The Labute approximate surface area is 236 Å². The summed E-state index contributed by atoms with van der Waals surface area (Å²) in [4.78, 5) is 0. The van der Waals surface area contributed by atoms with Crippen LogP contribution in [0.25, 0.3) is 0 Å². The van der Waals surface area contributed by atoms with Crippen molar-refractivity contribution in [1.29, 1.82) is 0 Å². The third kappa shape index (κ3) is 7.98. The van der Waals surface area contributed by atoms with E-state index in [1.54, 1.807) is 0 Å². The Balaban J connectivity index is 1.38. The van der Waals surface area contributed by atoms with Crippen molar-refractivity contribution in [2.24, 2.45) is 0 Å². The molecular weight excluding hydrogens is 500 g/mol. The first-order valence-corrected chi connectivity index (χ1v) is 13.7. The molecule has 0 fully saturated rings. The van der Waals surface area contributed by atoms with Gasteiger partial charge < -0.3 is 24.1 Å². The zero-order chi connectivity index (χ0) is 27.4. The van der Waals surface area contributed by atoms with E-state index in [2.05, 4.69) is 0 Å². The Morgan fingerprint density at radius 2 is 0.850 bits per heavy atom. The van der Waals surface area contributed by atoms with Crippen LogP contribution in [0.2, 0.25) is 0 Å². The maximum absolute atomic E-state index is 11.3. The van der Waals surface area contributed by atoms with Crippen molar-refractivity contribution in [3.05, 3.63) is 155 Å². The first-order valence-electron chi connectivity index (χ1n) is 13.7. The van der Waals surface area contributed by atoms with E-state index in [-0.39, 0.29) is 0 Å². The molecule has 0 amide bonds. The number of hydrogen-bond donors (Lipinski definition) is 1. The summed E-state index contributed by atoms with van der Waals surface area (Å²) in [6, 6.07) is 40.1. The molecule has 1 N–H and O–H groups in total. The lowest BCUT2D eigenvalue weighted by atomic mass is 9.89. The highest BCUT2D eigenvalue weighted by molar-refractivity contribution is 5.24. The van der Waals surface area contributed by atoms with Crippen LogP contribution in [-0.2, 0) is 45.4 Å². The molecule has 0 saturated heterocycles. The third-order valence-electron chi connectivity index (χ3n) is 6.93. The molecule has 0 heterocycles. The van der Waals surface area contributed by atoms with Gasteiger partial charge in [0.1, 0.15) is 24.4 Å². The lowest BCUT2D eigenvalue weighted by Crippen LogP contribution is -2.52. The highest BCUT2D eigenvalue weighted by Crippen LogP contribution is 2.30. The van der Waals surface area contributed by atoms with Crippen molar-refractivity contribution >= 4 is 0 Å². The minimum absolute atomic E-state index is 0.308. The average Bonchev–Trinajstić information content (AvgIpc) is 3.01. The van der Waals surface area contributed by atoms with E-state index in [9.17, 15) is 5.11 Å². The zero-order valence-corrected chi connectivity index (χ0v) is 22.5. The maximum atomic E-state index is 11.3. The minimum atomic E-state index is -0.878. The van der Waals surface area contributed by atoms with E-state index < -0.39 is 24.4 Å².